The molecule has 0 bridgehead atoms. The molecule has 5 nitrogen and oxygen atoms in total. The molecule has 4 rings (SSSR count). The maximum atomic E-state index is 12.5. The third kappa shape index (κ3) is 2.27. The van der Waals surface area contributed by atoms with E-state index in [1.807, 2.05) is 29.9 Å². The van der Waals surface area contributed by atoms with Gasteiger partial charge in [0.1, 0.15) is 5.65 Å². The average molecular weight is 310 g/mol. The summed E-state index contributed by atoms with van der Waals surface area (Å²) < 4.78 is 2.01. The molecule has 5 heteroatoms. The summed E-state index contributed by atoms with van der Waals surface area (Å²) in [6, 6.07) is 6.90. The number of hydrogen-bond donors (Lipinski definition) is 1. The summed E-state index contributed by atoms with van der Waals surface area (Å²) in [6.07, 6.45) is 2.96. The zero-order chi connectivity index (χ0) is 16.1. The first-order chi connectivity index (χ1) is 11.0. The summed E-state index contributed by atoms with van der Waals surface area (Å²) in [5, 5.41) is 7.36. The fourth-order valence-electron chi connectivity index (χ4n) is 3.65. The Morgan fingerprint density at radius 2 is 2.09 bits per heavy atom. The number of H-pyrrole nitrogens is 1. The van der Waals surface area contributed by atoms with Gasteiger partial charge in [0.15, 0.2) is 0 Å². The van der Waals surface area contributed by atoms with Gasteiger partial charge in [-0.05, 0) is 38.6 Å². The Bertz CT molecular complexity index is 937. The van der Waals surface area contributed by atoms with Crippen molar-refractivity contribution in [2.24, 2.45) is 0 Å². The van der Waals surface area contributed by atoms with Gasteiger partial charge in [-0.1, -0.05) is 17.7 Å². The van der Waals surface area contributed by atoms with E-state index in [9.17, 15) is 4.79 Å². The zero-order valence-corrected chi connectivity index (χ0v) is 13.8. The van der Waals surface area contributed by atoms with Crippen molar-refractivity contribution < 1.29 is 0 Å². The van der Waals surface area contributed by atoms with Crippen LogP contribution in [-0.4, -0.2) is 38.8 Å². The maximum absolute atomic E-state index is 12.5. The Labute approximate surface area is 134 Å². The fraction of sp³-hybridized carbons (Fsp3) is 0.444. The van der Waals surface area contributed by atoms with Crippen molar-refractivity contribution in [3.63, 3.8) is 0 Å². The number of aromatic nitrogens is 3. The second-order valence-corrected chi connectivity index (χ2v) is 6.89. The predicted octanol–water partition coefficient (Wildman–Crippen LogP) is 2.84. The number of fused-ring (bicyclic) bond motifs is 3. The molecule has 23 heavy (non-hydrogen) atoms. The van der Waals surface area contributed by atoms with E-state index in [1.54, 1.807) is 0 Å². The molecule has 1 aliphatic heterocycles. The van der Waals surface area contributed by atoms with Gasteiger partial charge in [-0.25, -0.2) is 4.68 Å². The van der Waals surface area contributed by atoms with E-state index in [0.29, 0.717) is 12.1 Å². The molecule has 0 saturated carbocycles. The molecular weight excluding hydrogens is 288 g/mol. The first-order valence-corrected chi connectivity index (χ1v) is 8.28. The molecular formula is C18H22N4O. The lowest BCUT2D eigenvalue weighted by Crippen LogP contribution is -2.28. The van der Waals surface area contributed by atoms with Crippen LogP contribution in [0.3, 0.4) is 0 Å². The topological polar surface area (TPSA) is 53.9 Å². The second-order valence-electron chi connectivity index (χ2n) is 6.89. The van der Waals surface area contributed by atoms with Gasteiger partial charge in [0.05, 0.1) is 12.2 Å². The van der Waals surface area contributed by atoms with E-state index < -0.39 is 0 Å². The van der Waals surface area contributed by atoms with Gasteiger partial charge in [-0.15, -0.1) is 0 Å². The van der Waals surface area contributed by atoms with Gasteiger partial charge in [-0.3, -0.25) is 9.69 Å². The van der Waals surface area contributed by atoms with Crippen LogP contribution < -0.4 is 5.56 Å². The number of benzene rings is 1. The molecule has 1 aliphatic rings. The van der Waals surface area contributed by atoms with Crippen LogP contribution in [0.1, 0.15) is 31.9 Å². The van der Waals surface area contributed by atoms with Crippen LogP contribution in [0.4, 0.5) is 0 Å². The quantitative estimate of drug-likeness (QED) is 0.792. The minimum Gasteiger partial charge on any atom is -0.306 e. The Morgan fingerprint density at radius 1 is 1.26 bits per heavy atom. The largest absolute Gasteiger partial charge is 0.306 e. The van der Waals surface area contributed by atoms with Crippen molar-refractivity contribution >= 4 is 21.8 Å². The third-order valence-electron chi connectivity index (χ3n) is 5.01. The SMILES string of the molecule is Cc1ccc2c(c1)c(=O)[nH]c1c2cnn1C1CCN(C(C)C)C1. The van der Waals surface area contributed by atoms with E-state index in [0.717, 1.165) is 46.9 Å². The normalized spacial score (nSPS) is 19.4. The molecule has 3 aromatic rings. The number of rotatable bonds is 2. The summed E-state index contributed by atoms with van der Waals surface area (Å²) in [6.45, 7) is 8.53. The first kappa shape index (κ1) is 14.5. The highest BCUT2D eigenvalue weighted by molar-refractivity contribution is 6.04. The minimum atomic E-state index is -0.0309. The zero-order valence-electron chi connectivity index (χ0n) is 13.8. The maximum Gasteiger partial charge on any atom is 0.257 e. The minimum absolute atomic E-state index is 0.0309. The van der Waals surface area contributed by atoms with Crippen molar-refractivity contribution in [1.29, 1.82) is 0 Å². The van der Waals surface area contributed by atoms with Crippen molar-refractivity contribution in [3.8, 4) is 0 Å². The standard InChI is InChI=1S/C18H22N4O/c1-11(2)21-7-6-13(10-21)22-17-16(9-19-22)14-5-4-12(3)8-15(14)18(23)20-17/h4-5,8-9,11,13H,6-7,10H2,1-3H3,(H,20,23). The number of aromatic amines is 1. The summed E-state index contributed by atoms with van der Waals surface area (Å²) >= 11 is 0. The highest BCUT2D eigenvalue weighted by Crippen LogP contribution is 2.28. The number of likely N-dealkylation sites (tertiary alicyclic amines) is 1. The van der Waals surface area contributed by atoms with Crippen molar-refractivity contribution in [1.82, 2.24) is 19.7 Å². The fourth-order valence-corrected chi connectivity index (χ4v) is 3.65. The molecule has 1 atom stereocenters. The van der Waals surface area contributed by atoms with Crippen LogP contribution >= 0.6 is 0 Å². The molecule has 2 aromatic heterocycles. The number of pyridine rings is 1. The van der Waals surface area contributed by atoms with Gasteiger partial charge >= 0.3 is 0 Å². The number of nitrogens with zero attached hydrogens (tertiary/aromatic N) is 3. The Kier molecular flexibility index (Phi) is 3.27. The van der Waals surface area contributed by atoms with Crippen LogP contribution in [0.5, 0.6) is 0 Å². The first-order valence-electron chi connectivity index (χ1n) is 8.28. The van der Waals surface area contributed by atoms with Crippen LogP contribution in [0, 0.1) is 6.92 Å². The molecule has 1 fully saturated rings. The van der Waals surface area contributed by atoms with E-state index in [1.165, 1.54) is 0 Å². The Hall–Kier alpha value is -2.14. The molecule has 3 heterocycles. The Balaban J connectivity index is 1.86. The molecule has 120 valence electrons. The van der Waals surface area contributed by atoms with E-state index in [-0.39, 0.29) is 5.56 Å². The van der Waals surface area contributed by atoms with Crippen LogP contribution in [0.2, 0.25) is 0 Å². The number of aryl methyl sites for hydroxylation is 1. The van der Waals surface area contributed by atoms with Crippen molar-refractivity contribution in [2.45, 2.75) is 39.3 Å². The summed E-state index contributed by atoms with van der Waals surface area (Å²) in [5.74, 6) is 0. The van der Waals surface area contributed by atoms with Crippen molar-refractivity contribution in [2.75, 3.05) is 13.1 Å². The molecule has 1 unspecified atom stereocenters. The molecule has 1 aromatic carbocycles. The second kappa shape index (κ2) is 5.20. The highest BCUT2D eigenvalue weighted by Gasteiger charge is 2.27. The van der Waals surface area contributed by atoms with Crippen LogP contribution in [-0.2, 0) is 0 Å². The monoisotopic (exact) mass is 310 g/mol. The van der Waals surface area contributed by atoms with E-state index in [4.69, 9.17) is 0 Å². The van der Waals surface area contributed by atoms with Crippen molar-refractivity contribution in [3.05, 3.63) is 40.3 Å². The van der Waals surface area contributed by atoms with E-state index >= 15 is 0 Å². The molecule has 1 saturated heterocycles. The lowest BCUT2D eigenvalue weighted by molar-refractivity contribution is 0.263. The molecule has 0 spiro atoms. The number of nitrogens with one attached hydrogen (secondary N) is 1. The predicted molar refractivity (Wildman–Crippen MR) is 93.0 cm³/mol. The van der Waals surface area contributed by atoms with Gasteiger partial charge < -0.3 is 4.98 Å². The average Bonchev–Trinajstić information content (AvgIpc) is 3.13. The lowest BCUT2D eigenvalue weighted by Gasteiger charge is -2.20. The van der Waals surface area contributed by atoms with Crippen LogP contribution in [0.15, 0.2) is 29.2 Å². The summed E-state index contributed by atoms with van der Waals surface area (Å²) in [5.41, 5.74) is 1.91. The van der Waals surface area contributed by atoms with Gasteiger partial charge in [0.25, 0.3) is 5.56 Å². The van der Waals surface area contributed by atoms with Gasteiger partial charge in [0, 0.05) is 29.9 Å². The van der Waals surface area contributed by atoms with Gasteiger partial charge in [0.2, 0.25) is 0 Å². The number of hydrogen-bond acceptors (Lipinski definition) is 3. The molecule has 0 amide bonds. The molecule has 0 radical (unpaired) electrons. The Morgan fingerprint density at radius 3 is 2.83 bits per heavy atom. The third-order valence-corrected chi connectivity index (χ3v) is 5.01. The molecule has 0 aliphatic carbocycles. The van der Waals surface area contributed by atoms with Crippen LogP contribution in [0.25, 0.3) is 21.8 Å². The summed E-state index contributed by atoms with van der Waals surface area (Å²) in [4.78, 5) is 18.0. The molecule has 1 N–H and O–H groups in total. The van der Waals surface area contributed by atoms with E-state index in [2.05, 4.69) is 34.9 Å². The van der Waals surface area contributed by atoms with Gasteiger partial charge in [-0.2, -0.15) is 5.10 Å². The highest BCUT2D eigenvalue weighted by atomic mass is 16.1. The summed E-state index contributed by atoms with van der Waals surface area (Å²) in [7, 11) is 0. The lowest BCUT2D eigenvalue weighted by atomic mass is 10.1. The smallest absolute Gasteiger partial charge is 0.257 e.